The number of benzene rings is 3. The van der Waals surface area contributed by atoms with E-state index in [-0.39, 0.29) is 24.2 Å². The summed E-state index contributed by atoms with van der Waals surface area (Å²) in [6.45, 7) is 3.38. The Bertz CT molecular complexity index is 1090. The zero-order valence-corrected chi connectivity index (χ0v) is 17.4. The number of ether oxygens (including phenoxy) is 2. The molecule has 6 nitrogen and oxygen atoms in total. The van der Waals surface area contributed by atoms with Crippen LogP contribution < -0.4 is 9.47 Å². The van der Waals surface area contributed by atoms with Gasteiger partial charge < -0.3 is 12.5 Å². The summed E-state index contributed by atoms with van der Waals surface area (Å²) in [7, 11) is 0. The lowest BCUT2D eigenvalue weighted by Gasteiger charge is -2.17. The maximum Gasteiger partial charge on any atom is 0.348 e. The predicted octanol–water partition coefficient (Wildman–Crippen LogP) is 5.13. The molecule has 144 valence electrons. The van der Waals surface area contributed by atoms with Gasteiger partial charge in [-0.25, -0.2) is 4.79 Å². The molecule has 0 aromatic heterocycles. The van der Waals surface area contributed by atoms with E-state index in [1.165, 1.54) is 23.0 Å². The van der Waals surface area contributed by atoms with Crippen molar-refractivity contribution < 1.29 is 26.9 Å². The lowest BCUT2D eigenvalue weighted by molar-refractivity contribution is -0.134. The number of hydrogen-bond acceptors (Lipinski definition) is 6. The summed E-state index contributed by atoms with van der Waals surface area (Å²) < 4.78 is 16.1. The van der Waals surface area contributed by atoms with Gasteiger partial charge in [0.15, 0.2) is 23.0 Å². The van der Waals surface area contributed by atoms with E-state index >= 15 is 0 Å². The zero-order valence-electron chi connectivity index (χ0n) is 15.3. The van der Waals surface area contributed by atoms with Crippen molar-refractivity contribution in [2.75, 3.05) is 0 Å². The van der Waals surface area contributed by atoms with E-state index in [2.05, 4.69) is 0 Å². The van der Waals surface area contributed by atoms with Crippen LogP contribution in [-0.2, 0) is 12.7 Å². The predicted molar refractivity (Wildman–Crippen MR) is 113 cm³/mol. The number of rotatable bonds is 5. The molecule has 0 bridgehead atoms. The number of carbonyl (C=O) groups is 3. The van der Waals surface area contributed by atoms with Gasteiger partial charge in [-0.1, -0.05) is 50.2 Å². The van der Waals surface area contributed by atoms with E-state index in [1.807, 2.05) is 0 Å². The van der Waals surface area contributed by atoms with Gasteiger partial charge in [0.05, 0.1) is 5.56 Å². The number of carbonyl (C=O) groups excluding carboxylic acids is 3. The first kappa shape index (κ1) is 20.1. The van der Waals surface area contributed by atoms with Gasteiger partial charge in [0, 0.05) is 34.4 Å². The van der Waals surface area contributed by atoms with Gasteiger partial charge in [-0.3, -0.25) is 9.59 Å². The van der Waals surface area contributed by atoms with Crippen LogP contribution in [0.4, 0.5) is 0 Å². The minimum absolute atomic E-state index is 0.168. The molecule has 0 aliphatic rings. The minimum Gasteiger partial charge on any atom is -0.425 e. The number of hydrogen-bond donors (Lipinski definition) is 0. The highest BCUT2D eigenvalue weighted by Crippen LogP contribution is 2.44. The van der Waals surface area contributed by atoms with Crippen LogP contribution in [0.5, 0.6) is 11.5 Å². The Labute approximate surface area is 175 Å². The van der Waals surface area contributed by atoms with Gasteiger partial charge in [0.25, 0.3) is 0 Å². The topological polar surface area (TPSA) is 78.9 Å². The van der Waals surface area contributed by atoms with Gasteiger partial charge in [-0.15, -0.1) is 0 Å². The first-order valence-corrected chi connectivity index (χ1v) is 9.61. The number of fused-ring (bicyclic) bond motifs is 2. The van der Waals surface area contributed by atoms with Gasteiger partial charge in [-0.2, -0.15) is 0 Å². The van der Waals surface area contributed by atoms with Crippen LogP contribution in [0.3, 0.4) is 0 Å². The Balaban J connectivity index is 2.49. The highest BCUT2D eigenvalue weighted by Gasteiger charge is 2.24. The highest BCUT2D eigenvalue weighted by molar-refractivity contribution is 14.1. The van der Waals surface area contributed by atoms with Crippen molar-refractivity contribution in [2.45, 2.75) is 26.7 Å². The minimum atomic E-state index is -0.594. The maximum absolute atomic E-state index is 12.4. The normalized spacial score (nSPS) is 10.7. The van der Waals surface area contributed by atoms with Crippen LogP contribution in [0.25, 0.3) is 21.5 Å². The van der Waals surface area contributed by atoms with Crippen LogP contribution in [0.1, 0.15) is 37.0 Å². The smallest absolute Gasteiger partial charge is 0.348 e. The highest BCUT2D eigenvalue weighted by atomic mass is 127. The summed E-state index contributed by atoms with van der Waals surface area (Å²) in [5, 5.41) is 2.02. The van der Waals surface area contributed by atoms with Crippen molar-refractivity contribution >= 4 is 62.5 Å². The molecule has 0 heterocycles. The molecule has 3 aromatic carbocycles. The molecule has 0 saturated heterocycles. The van der Waals surface area contributed by atoms with E-state index < -0.39 is 17.9 Å². The van der Waals surface area contributed by atoms with Gasteiger partial charge >= 0.3 is 17.9 Å². The summed E-state index contributed by atoms with van der Waals surface area (Å²) in [5.74, 6) is -0.889. The third-order valence-corrected chi connectivity index (χ3v) is 4.65. The van der Waals surface area contributed by atoms with E-state index in [1.54, 1.807) is 56.3 Å². The van der Waals surface area contributed by atoms with Crippen LogP contribution in [0, 0.1) is 0 Å². The summed E-state index contributed by atoms with van der Waals surface area (Å²) in [5.41, 5.74) is 0.213. The van der Waals surface area contributed by atoms with E-state index in [0.717, 1.165) is 0 Å². The van der Waals surface area contributed by atoms with Gasteiger partial charge in [0.1, 0.15) is 11.5 Å². The molecule has 0 radical (unpaired) electrons. The zero-order chi connectivity index (χ0) is 20.3. The van der Waals surface area contributed by atoms with Crippen molar-refractivity contribution in [3.05, 3.63) is 48.0 Å². The Morgan fingerprint density at radius 1 is 0.786 bits per heavy atom. The molecule has 0 N–H and O–H groups in total. The van der Waals surface area contributed by atoms with Crippen molar-refractivity contribution in [2.24, 2.45) is 0 Å². The quantitative estimate of drug-likeness (QED) is 0.213. The Morgan fingerprint density at radius 2 is 1.32 bits per heavy atom. The molecule has 3 aromatic rings. The third-order valence-electron chi connectivity index (χ3n) is 4.25. The molecule has 0 aliphatic heterocycles. The molecule has 0 aliphatic carbocycles. The molecule has 0 fully saturated rings. The SMILES string of the molecule is CCC(=O)Oc1c2ccccc2c(OC(=O)CC)c2c(C(=O)OI)cccc12. The third kappa shape index (κ3) is 3.66. The summed E-state index contributed by atoms with van der Waals surface area (Å²) >= 11 is 1.50. The molecule has 0 amide bonds. The second kappa shape index (κ2) is 8.55. The van der Waals surface area contributed by atoms with Gasteiger partial charge in [0.2, 0.25) is 0 Å². The fraction of sp³-hybridized carbons (Fsp3) is 0.190. The van der Waals surface area contributed by atoms with Gasteiger partial charge in [-0.05, 0) is 6.07 Å². The van der Waals surface area contributed by atoms with E-state index in [9.17, 15) is 14.4 Å². The molecule has 7 heteroatoms. The van der Waals surface area contributed by atoms with Crippen molar-refractivity contribution in [3.63, 3.8) is 0 Å². The van der Waals surface area contributed by atoms with Crippen LogP contribution in [-0.4, -0.2) is 17.9 Å². The van der Waals surface area contributed by atoms with Crippen molar-refractivity contribution in [1.29, 1.82) is 0 Å². The Kier molecular flexibility index (Phi) is 6.13. The number of halogens is 1. The molecule has 0 saturated carbocycles. The lowest BCUT2D eigenvalue weighted by atomic mass is 9.97. The molecular formula is C21H17IO6. The fourth-order valence-electron chi connectivity index (χ4n) is 2.94. The second-order valence-electron chi connectivity index (χ2n) is 5.95. The molecule has 0 unspecified atom stereocenters. The van der Waals surface area contributed by atoms with Crippen molar-refractivity contribution in [1.82, 2.24) is 0 Å². The summed E-state index contributed by atoms with van der Waals surface area (Å²) in [6.07, 6.45) is 0.360. The Hall–Kier alpha value is -2.68. The van der Waals surface area contributed by atoms with Crippen LogP contribution in [0.2, 0.25) is 0 Å². The molecular weight excluding hydrogens is 475 g/mol. The summed E-state index contributed by atoms with van der Waals surface area (Å²) in [4.78, 5) is 36.5. The maximum atomic E-state index is 12.4. The largest absolute Gasteiger partial charge is 0.425 e. The first-order chi connectivity index (χ1) is 13.5. The average molecular weight is 492 g/mol. The lowest BCUT2D eigenvalue weighted by Crippen LogP contribution is -2.10. The molecule has 3 rings (SSSR count). The Morgan fingerprint density at radius 3 is 1.89 bits per heavy atom. The molecule has 0 atom stereocenters. The molecule has 28 heavy (non-hydrogen) atoms. The standard InChI is InChI=1S/C21H17IO6/c1-3-16(23)26-19-12-8-5-6-9-13(12)20(27-17(24)4-2)18-14(19)10-7-11-15(18)21(25)28-22/h5-11H,3-4H2,1-2H3. The summed E-state index contributed by atoms with van der Waals surface area (Å²) in [6, 6.07) is 12.1. The number of esters is 2. The average Bonchev–Trinajstić information content (AvgIpc) is 2.74. The van der Waals surface area contributed by atoms with Crippen LogP contribution in [0.15, 0.2) is 42.5 Å². The monoisotopic (exact) mass is 492 g/mol. The van der Waals surface area contributed by atoms with Crippen molar-refractivity contribution in [3.8, 4) is 11.5 Å². The first-order valence-electron chi connectivity index (χ1n) is 8.73. The van der Waals surface area contributed by atoms with E-state index in [0.29, 0.717) is 27.3 Å². The molecule has 0 spiro atoms. The van der Waals surface area contributed by atoms with E-state index in [4.69, 9.17) is 12.5 Å². The van der Waals surface area contributed by atoms with Crippen LogP contribution >= 0.6 is 23.0 Å². The second-order valence-corrected chi connectivity index (χ2v) is 6.39. The fourth-order valence-corrected chi connectivity index (χ4v) is 3.18.